The van der Waals surface area contributed by atoms with Crippen molar-refractivity contribution in [3.8, 4) is 22.6 Å². The topological polar surface area (TPSA) is 81.3 Å². The average Bonchev–Trinajstić information content (AvgIpc) is 2.84. The number of aromatic nitrogens is 2. The van der Waals surface area contributed by atoms with Crippen LogP contribution in [0.2, 0.25) is 0 Å². The highest BCUT2D eigenvalue weighted by molar-refractivity contribution is 5.75. The van der Waals surface area contributed by atoms with Gasteiger partial charge in [-0.2, -0.15) is 0 Å². The van der Waals surface area contributed by atoms with E-state index in [0.29, 0.717) is 12.4 Å². The molecule has 4 aromatic rings. The third kappa shape index (κ3) is 5.24. The molecule has 0 fully saturated rings. The Morgan fingerprint density at radius 3 is 2.50 bits per heavy atom. The van der Waals surface area contributed by atoms with Crippen LogP contribution in [0.4, 0.5) is 5.82 Å². The zero-order chi connectivity index (χ0) is 22.2. The Balaban J connectivity index is 1.53. The van der Waals surface area contributed by atoms with Crippen LogP contribution < -0.4 is 15.6 Å². The maximum Gasteiger partial charge on any atom is 0.154 e. The summed E-state index contributed by atoms with van der Waals surface area (Å²) in [5, 5.41) is 1.59. The Labute approximate surface area is 186 Å². The fraction of sp³-hybridized carbons (Fsp3) is 0.0385. The van der Waals surface area contributed by atoms with Crippen LogP contribution in [0.1, 0.15) is 11.1 Å². The highest BCUT2D eigenvalue weighted by Crippen LogP contribution is 2.30. The maximum atomic E-state index is 10.6. The predicted octanol–water partition coefficient (Wildman–Crippen LogP) is 5.03. The molecule has 0 aliphatic heterocycles. The summed E-state index contributed by atoms with van der Waals surface area (Å²) >= 11 is 0. The van der Waals surface area contributed by atoms with Crippen molar-refractivity contribution in [1.29, 1.82) is 0 Å². The fourth-order valence-electron chi connectivity index (χ4n) is 3.30. The number of hydrogen-bond donors (Lipinski definition) is 1. The molecule has 2 N–H and O–H groups in total. The molecule has 0 saturated heterocycles. The number of nitrogens with two attached hydrogens (primary N) is 1. The van der Waals surface area contributed by atoms with Gasteiger partial charge in [0.1, 0.15) is 24.1 Å². The summed E-state index contributed by atoms with van der Waals surface area (Å²) in [6.45, 7) is 0.446. The summed E-state index contributed by atoms with van der Waals surface area (Å²) < 4.78 is 5.87. The molecule has 0 spiro atoms. The van der Waals surface area contributed by atoms with Gasteiger partial charge in [-0.1, -0.05) is 54.6 Å². The van der Waals surface area contributed by atoms with Gasteiger partial charge in [0.05, 0.1) is 6.54 Å². The number of ether oxygens (including phenoxy) is 1. The molecule has 0 saturated carbocycles. The number of nitrogens with zero attached hydrogens (tertiary/aromatic N) is 3. The molecule has 0 amide bonds. The van der Waals surface area contributed by atoms with E-state index in [0.717, 1.165) is 40.0 Å². The summed E-state index contributed by atoms with van der Waals surface area (Å²) in [6, 6.07) is 25.2. The predicted molar refractivity (Wildman–Crippen MR) is 126 cm³/mol. The smallest absolute Gasteiger partial charge is 0.154 e. The molecule has 158 valence electrons. The number of carbonyl (C=O) groups excluding carboxylic acids is 1. The van der Waals surface area contributed by atoms with E-state index in [1.165, 1.54) is 12.4 Å². The van der Waals surface area contributed by atoms with Crippen molar-refractivity contribution >= 4 is 18.2 Å². The third-order valence-corrected chi connectivity index (χ3v) is 4.78. The van der Waals surface area contributed by atoms with Gasteiger partial charge in [0, 0.05) is 11.8 Å². The molecule has 3 aromatic carbocycles. The molecule has 6 nitrogen and oxygen atoms in total. The van der Waals surface area contributed by atoms with Crippen molar-refractivity contribution in [1.82, 2.24) is 9.97 Å². The van der Waals surface area contributed by atoms with Gasteiger partial charge in [0.2, 0.25) is 0 Å². The maximum absolute atomic E-state index is 10.6. The first-order chi connectivity index (χ1) is 15.7. The summed E-state index contributed by atoms with van der Waals surface area (Å²) in [5.74, 6) is 8.53. The number of para-hydroxylation sites is 1. The second kappa shape index (κ2) is 10.1. The lowest BCUT2D eigenvalue weighted by Crippen LogP contribution is -2.31. The van der Waals surface area contributed by atoms with E-state index in [1.807, 2.05) is 78.9 Å². The van der Waals surface area contributed by atoms with Gasteiger partial charge in [0.15, 0.2) is 5.82 Å². The largest absolute Gasteiger partial charge is 0.457 e. The van der Waals surface area contributed by atoms with E-state index in [1.54, 1.807) is 17.3 Å². The molecule has 0 aliphatic carbocycles. The zero-order valence-electron chi connectivity index (χ0n) is 17.3. The highest BCUT2D eigenvalue weighted by Gasteiger charge is 2.13. The number of carbonyl (C=O) groups is 1. The van der Waals surface area contributed by atoms with Gasteiger partial charge in [0.25, 0.3) is 0 Å². The number of hydrogen-bond acceptors (Lipinski definition) is 6. The lowest BCUT2D eigenvalue weighted by molar-refractivity contribution is -0.104. The Hall–Kier alpha value is -4.29. The van der Waals surface area contributed by atoms with Crippen molar-refractivity contribution in [2.24, 2.45) is 5.84 Å². The second-order valence-electron chi connectivity index (χ2n) is 7.07. The van der Waals surface area contributed by atoms with E-state index < -0.39 is 0 Å². The Morgan fingerprint density at radius 1 is 0.938 bits per heavy atom. The number of hydrazine groups is 1. The first-order valence-corrected chi connectivity index (χ1v) is 10.1. The van der Waals surface area contributed by atoms with Crippen LogP contribution in [-0.2, 0) is 11.3 Å². The van der Waals surface area contributed by atoms with E-state index in [2.05, 4.69) is 9.97 Å². The molecule has 1 heterocycles. The number of aldehydes is 1. The summed E-state index contributed by atoms with van der Waals surface area (Å²) in [5.41, 5.74) is 3.68. The minimum Gasteiger partial charge on any atom is -0.457 e. The number of anilines is 1. The normalized spacial score (nSPS) is 10.8. The second-order valence-corrected chi connectivity index (χ2v) is 7.07. The number of benzene rings is 3. The quantitative estimate of drug-likeness (QED) is 0.186. The summed E-state index contributed by atoms with van der Waals surface area (Å²) in [4.78, 5) is 19.2. The number of rotatable bonds is 8. The standard InChI is InChI=1S/C26H22N4O2/c27-30(18-21-7-4-6-20(16-21)8-5-15-31)26-25(17-28-19-29-26)22-11-13-24(14-12-22)32-23-9-2-1-3-10-23/h1-17,19H,18,27H2. The van der Waals surface area contributed by atoms with Crippen LogP contribution in [0.3, 0.4) is 0 Å². The molecular formula is C26H22N4O2. The zero-order valence-corrected chi connectivity index (χ0v) is 17.3. The molecule has 0 unspecified atom stereocenters. The van der Waals surface area contributed by atoms with Gasteiger partial charge in [-0.15, -0.1) is 0 Å². The van der Waals surface area contributed by atoms with Crippen molar-refractivity contribution < 1.29 is 9.53 Å². The minimum absolute atomic E-state index is 0.446. The van der Waals surface area contributed by atoms with Crippen LogP contribution in [0.15, 0.2) is 97.5 Å². The first kappa shape index (κ1) is 21.0. The molecular weight excluding hydrogens is 400 g/mol. The van der Waals surface area contributed by atoms with Gasteiger partial charge in [-0.05, 0) is 53.1 Å². The van der Waals surface area contributed by atoms with Crippen LogP contribution in [0, 0.1) is 0 Å². The monoisotopic (exact) mass is 422 g/mol. The highest BCUT2D eigenvalue weighted by atomic mass is 16.5. The molecule has 0 atom stereocenters. The van der Waals surface area contributed by atoms with E-state index in [9.17, 15) is 4.79 Å². The van der Waals surface area contributed by atoms with Gasteiger partial charge < -0.3 is 4.74 Å². The molecule has 4 rings (SSSR count). The van der Waals surface area contributed by atoms with Crippen molar-refractivity contribution in [2.45, 2.75) is 6.54 Å². The molecule has 0 bridgehead atoms. The fourth-order valence-corrected chi connectivity index (χ4v) is 3.30. The molecule has 32 heavy (non-hydrogen) atoms. The van der Waals surface area contributed by atoms with E-state index in [4.69, 9.17) is 10.6 Å². The SMILES string of the molecule is NN(Cc1cccc(C=CC=O)c1)c1ncncc1-c1ccc(Oc2ccccc2)cc1. The van der Waals surface area contributed by atoms with E-state index >= 15 is 0 Å². The first-order valence-electron chi connectivity index (χ1n) is 10.1. The average molecular weight is 422 g/mol. The summed E-state index contributed by atoms with van der Waals surface area (Å²) in [7, 11) is 0. The lowest BCUT2D eigenvalue weighted by Gasteiger charge is -2.20. The lowest BCUT2D eigenvalue weighted by atomic mass is 10.1. The van der Waals surface area contributed by atoms with Crippen LogP contribution in [0.5, 0.6) is 11.5 Å². The summed E-state index contributed by atoms with van der Waals surface area (Å²) in [6.07, 6.45) is 7.21. The van der Waals surface area contributed by atoms with Crippen molar-refractivity contribution in [2.75, 3.05) is 5.01 Å². The molecule has 1 aromatic heterocycles. The Bertz CT molecular complexity index is 1210. The molecule has 0 aliphatic rings. The van der Waals surface area contributed by atoms with Crippen LogP contribution in [0.25, 0.3) is 17.2 Å². The minimum atomic E-state index is 0.446. The van der Waals surface area contributed by atoms with Crippen molar-refractivity contribution in [3.05, 3.63) is 109 Å². The van der Waals surface area contributed by atoms with Gasteiger partial charge in [-0.25, -0.2) is 15.8 Å². The Kier molecular flexibility index (Phi) is 6.65. The van der Waals surface area contributed by atoms with Crippen LogP contribution in [-0.4, -0.2) is 16.3 Å². The Morgan fingerprint density at radius 2 is 1.72 bits per heavy atom. The van der Waals surface area contributed by atoms with Gasteiger partial charge in [-0.3, -0.25) is 9.80 Å². The van der Waals surface area contributed by atoms with Gasteiger partial charge >= 0.3 is 0 Å². The van der Waals surface area contributed by atoms with Crippen LogP contribution >= 0.6 is 0 Å². The number of allylic oxidation sites excluding steroid dienone is 1. The third-order valence-electron chi connectivity index (χ3n) is 4.78. The van der Waals surface area contributed by atoms with Crippen molar-refractivity contribution in [3.63, 3.8) is 0 Å². The molecule has 6 heteroatoms. The van der Waals surface area contributed by atoms with E-state index in [-0.39, 0.29) is 0 Å². The molecule has 0 radical (unpaired) electrons.